The third kappa shape index (κ3) is 6.17. The van der Waals surface area contributed by atoms with Crippen LogP contribution in [-0.2, 0) is 4.79 Å². The van der Waals surface area contributed by atoms with Crippen molar-refractivity contribution in [1.29, 1.82) is 0 Å². The summed E-state index contributed by atoms with van der Waals surface area (Å²) in [4.78, 5) is 15.4. The van der Waals surface area contributed by atoms with E-state index in [9.17, 15) is 13.6 Å². The van der Waals surface area contributed by atoms with Crippen LogP contribution in [0, 0.1) is 17.6 Å². The monoisotopic (exact) mass is 450 g/mol. The summed E-state index contributed by atoms with van der Waals surface area (Å²) < 4.78 is 33.7. The molecule has 0 spiro atoms. The fraction of sp³-hybridized carbons (Fsp3) is 0.296. The number of rotatable bonds is 8. The SMILES string of the molecule is O=C(N[C@@H](c1ccc(F)cc1)c1ccccc1F)C1CCN(CCOc2ccccc2)CC1. The standard InChI is InChI=1S/C27H28F2N2O2/c28-22-12-10-20(11-13-22)26(24-8-4-5-9-25(24)29)30-27(32)21-14-16-31(17-15-21)18-19-33-23-6-2-1-3-7-23/h1-13,21,26H,14-19H2,(H,30,32)/t26-/m0/s1. The zero-order valence-electron chi connectivity index (χ0n) is 18.4. The number of para-hydroxylation sites is 1. The highest BCUT2D eigenvalue weighted by molar-refractivity contribution is 5.79. The molecular weight excluding hydrogens is 422 g/mol. The van der Waals surface area contributed by atoms with Crippen molar-refractivity contribution in [3.05, 3.63) is 102 Å². The van der Waals surface area contributed by atoms with Gasteiger partial charge in [-0.1, -0.05) is 48.5 Å². The first-order valence-corrected chi connectivity index (χ1v) is 11.3. The smallest absolute Gasteiger partial charge is 0.223 e. The second kappa shape index (κ2) is 11.1. The van der Waals surface area contributed by atoms with Crippen LogP contribution < -0.4 is 10.1 Å². The van der Waals surface area contributed by atoms with Crippen LogP contribution >= 0.6 is 0 Å². The van der Waals surface area contributed by atoms with Crippen LogP contribution in [0.2, 0.25) is 0 Å². The minimum atomic E-state index is -0.670. The summed E-state index contributed by atoms with van der Waals surface area (Å²) in [5.74, 6) is -0.174. The molecule has 4 rings (SSSR count). The summed E-state index contributed by atoms with van der Waals surface area (Å²) in [5.41, 5.74) is 1.01. The van der Waals surface area contributed by atoms with Gasteiger partial charge >= 0.3 is 0 Å². The highest BCUT2D eigenvalue weighted by Gasteiger charge is 2.28. The predicted molar refractivity (Wildman–Crippen MR) is 124 cm³/mol. The van der Waals surface area contributed by atoms with Crippen molar-refractivity contribution < 1.29 is 18.3 Å². The topological polar surface area (TPSA) is 41.6 Å². The van der Waals surface area contributed by atoms with Gasteiger partial charge in [0.25, 0.3) is 0 Å². The number of nitrogens with one attached hydrogen (secondary N) is 1. The lowest BCUT2D eigenvalue weighted by atomic mass is 9.93. The molecule has 1 fully saturated rings. The van der Waals surface area contributed by atoms with Gasteiger partial charge in [0.05, 0.1) is 6.04 Å². The minimum absolute atomic E-state index is 0.104. The number of ether oxygens (including phenoxy) is 1. The van der Waals surface area contributed by atoms with Crippen LogP contribution in [0.1, 0.15) is 30.0 Å². The molecule has 4 nitrogen and oxygen atoms in total. The van der Waals surface area contributed by atoms with E-state index in [1.807, 2.05) is 30.3 Å². The van der Waals surface area contributed by atoms with Crippen LogP contribution in [0.25, 0.3) is 0 Å². The summed E-state index contributed by atoms with van der Waals surface area (Å²) in [6, 6.07) is 21.2. The van der Waals surface area contributed by atoms with Crippen molar-refractivity contribution >= 4 is 5.91 Å². The van der Waals surface area contributed by atoms with E-state index in [0.717, 1.165) is 38.2 Å². The molecule has 3 aromatic carbocycles. The maximum absolute atomic E-state index is 14.5. The van der Waals surface area contributed by atoms with Crippen LogP contribution in [0.3, 0.4) is 0 Å². The molecule has 1 N–H and O–H groups in total. The second-order valence-electron chi connectivity index (χ2n) is 8.29. The molecule has 0 bridgehead atoms. The fourth-order valence-corrected chi connectivity index (χ4v) is 4.19. The normalized spacial score (nSPS) is 15.7. The number of likely N-dealkylation sites (tertiary alicyclic amines) is 1. The van der Waals surface area contributed by atoms with E-state index in [1.54, 1.807) is 30.3 Å². The van der Waals surface area contributed by atoms with Gasteiger partial charge in [0, 0.05) is 18.0 Å². The molecule has 1 saturated heterocycles. The Morgan fingerprint density at radius 1 is 0.939 bits per heavy atom. The van der Waals surface area contributed by atoms with E-state index in [4.69, 9.17) is 4.74 Å². The van der Waals surface area contributed by atoms with E-state index in [1.165, 1.54) is 18.2 Å². The predicted octanol–water partition coefficient (Wildman–Crippen LogP) is 4.96. The van der Waals surface area contributed by atoms with Gasteiger partial charge in [-0.05, 0) is 61.8 Å². The van der Waals surface area contributed by atoms with Crippen LogP contribution in [0.5, 0.6) is 5.75 Å². The Labute approximate surface area is 193 Å². The number of amides is 1. The highest BCUT2D eigenvalue weighted by atomic mass is 19.1. The van der Waals surface area contributed by atoms with Crippen molar-refractivity contribution in [3.8, 4) is 5.75 Å². The zero-order chi connectivity index (χ0) is 23.0. The molecule has 1 aliphatic rings. The van der Waals surface area contributed by atoms with Gasteiger partial charge in [-0.2, -0.15) is 0 Å². The molecular formula is C27H28F2N2O2. The zero-order valence-corrected chi connectivity index (χ0v) is 18.4. The van der Waals surface area contributed by atoms with Crippen molar-refractivity contribution in [2.45, 2.75) is 18.9 Å². The Morgan fingerprint density at radius 2 is 1.61 bits per heavy atom. The van der Waals surface area contributed by atoms with Crippen LogP contribution in [0.4, 0.5) is 8.78 Å². The van der Waals surface area contributed by atoms with Gasteiger partial charge in [0.2, 0.25) is 5.91 Å². The van der Waals surface area contributed by atoms with E-state index in [2.05, 4.69) is 10.2 Å². The number of hydrogen-bond donors (Lipinski definition) is 1. The van der Waals surface area contributed by atoms with Crippen molar-refractivity contribution in [1.82, 2.24) is 10.2 Å². The highest BCUT2D eigenvalue weighted by Crippen LogP contribution is 2.27. The largest absolute Gasteiger partial charge is 0.492 e. The summed E-state index contributed by atoms with van der Waals surface area (Å²) in [7, 11) is 0. The van der Waals surface area contributed by atoms with Gasteiger partial charge in [-0.15, -0.1) is 0 Å². The molecule has 33 heavy (non-hydrogen) atoms. The van der Waals surface area contributed by atoms with E-state index >= 15 is 0 Å². The molecule has 1 aliphatic heterocycles. The Balaban J connectivity index is 1.34. The summed E-state index contributed by atoms with van der Waals surface area (Å²) in [6.07, 6.45) is 1.45. The molecule has 0 aliphatic carbocycles. The summed E-state index contributed by atoms with van der Waals surface area (Å²) in [6.45, 7) is 3.01. The lowest BCUT2D eigenvalue weighted by Gasteiger charge is -2.32. The molecule has 0 saturated carbocycles. The van der Waals surface area contributed by atoms with Crippen molar-refractivity contribution in [3.63, 3.8) is 0 Å². The first-order valence-electron chi connectivity index (χ1n) is 11.3. The molecule has 6 heteroatoms. The lowest BCUT2D eigenvalue weighted by molar-refractivity contribution is -0.127. The van der Waals surface area contributed by atoms with Gasteiger partial charge in [0.1, 0.15) is 24.0 Å². The second-order valence-corrected chi connectivity index (χ2v) is 8.29. The number of benzene rings is 3. The Kier molecular flexibility index (Phi) is 7.68. The van der Waals surface area contributed by atoms with Crippen LogP contribution in [-0.4, -0.2) is 37.0 Å². The first-order chi connectivity index (χ1) is 16.1. The minimum Gasteiger partial charge on any atom is -0.492 e. The number of piperidine rings is 1. The maximum Gasteiger partial charge on any atom is 0.223 e. The Bertz CT molecular complexity index is 1040. The average Bonchev–Trinajstić information content (AvgIpc) is 2.85. The number of carbonyl (C=O) groups is 1. The molecule has 0 unspecified atom stereocenters. The maximum atomic E-state index is 14.5. The summed E-state index contributed by atoms with van der Waals surface area (Å²) >= 11 is 0. The number of carbonyl (C=O) groups excluding carboxylic acids is 1. The van der Waals surface area contributed by atoms with Crippen molar-refractivity contribution in [2.24, 2.45) is 5.92 Å². The van der Waals surface area contributed by atoms with Gasteiger partial charge < -0.3 is 10.1 Å². The molecule has 0 aromatic heterocycles. The number of nitrogens with zero attached hydrogens (tertiary/aromatic N) is 1. The van der Waals surface area contributed by atoms with E-state index in [-0.39, 0.29) is 17.6 Å². The number of halogens is 2. The van der Waals surface area contributed by atoms with Gasteiger partial charge in [-0.25, -0.2) is 8.78 Å². The van der Waals surface area contributed by atoms with Gasteiger partial charge in [0.15, 0.2) is 0 Å². The first kappa shape index (κ1) is 22.9. The average molecular weight is 451 g/mol. The fourth-order valence-electron chi connectivity index (χ4n) is 4.19. The third-order valence-corrected chi connectivity index (χ3v) is 6.08. The van der Waals surface area contributed by atoms with Crippen LogP contribution in [0.15, 0.2) is 78.9 Å². The number of hydrogen-bond acceptors (Lipinski definition) is 3. The van der Waals surface area contributed by atoms with E-state index in [0.29, 0.717) is 17.7 Å². The lowest BCUT2D eigenvalue weighted by Crippen LogP contribution is -2.43. The Morgan fingerprint density at radius 3 is 2.30 bits per heavy atom. The molecule has 1 atom stereocenters. The van der Waals surface area contributed by atoms with Crippen molar-refractivity contribution in [2.75, 3.05) is 26.2 Å². The molecule has 0 radical (unpaired) electrons. The Hall–Kier alpha value is -3.25. The quantitative estimate of drug-likeness (QED) is 0.527. The third-order valence-electron chi connectivity index (χ3n) is 6.08. The van der Waals surface area contributed by atoms with E-state index < -0.39 is 11.9 Å². The molecule has 1 heterocycles. The molecule has 172 valence electrons. The molecule has 3 aromatic rings. The molecule has 1 amide bonds. The van der Waals surface area contributed by atoms with Gasteiger partial charge in [-0.3, -0.25) is 9.69 Å². The summed E-state index contributed by atoms with van der Waals surface area (Å²) in [5, 5.41) is 3.01.